The first-order valence-corrected chi connectivity index (χ1v) is 4.52. The number of hydrogen-bond donors (Lipinski definition) is 0. The molecular formula is C12H10N2. The van der Waals surface area contributed by atoms with E-state index in [1.165, 1.54) is 0 Å². The molecule has 0 aliphatic heterocycles. The summed E-state index contributed by atoms with van der Waals surface area (Å²) >= 11 is 0. The van der Waals surface area contributed by atoms with Crippen molar-refractivity contribution >= 4 is 10.8 Å². The molecule has 0 N–H and O–H groups in total. The van der Waals surface area contributed by atoms with Gasteiger partial charge in [-0.15, -0.1) is 0 Å². The van der Waals surface area contributed by atoms with Gasteiger partial charge in [-0.2, -0.15) is 5.26 Å². The number of nitrogens with zero attached hydrogens (tertiary/aromatic N) is 2. The second-order valence-corrected chi connectivity index (χ2v) is 3.29. The Bertz CT molecular complexity index is 509. The fourth-order valence-corrected chi connectivity index (χ4v) is 1.58. The zero-order chi connectivity index (χ0) is 9.97. The molecule has 0 amide bonds. The van der Waals surface area contributed by atoms with Crippen LogP contribution in [0, 0.1) is 18.3 Å². The van der Waals surface area contributed by atoms with Crippen molar-refractivity contribution in [3.05, 3.63) is 41.7 Å². The van der Waals surface area contributed by atoms with Crippen molar-refractivity contribution in [3.63, 3.8) is 0 Å². The molecule has 2 aromatic rings. The molecule has 1 aromatic heterocycles. The Morgan fingerprint density at radius 1 is 1.36 bits per heavy atom. The molecule has 0 radical (unpaired) electrons. The minimum atomic E-state index is 0.470. The minimum absolute atomic E-state index is 0.470. The second-order valence-electron chi connectivity index (χ2n) is 3.29. The first-order chi connectivity index (χ1) is 6.81. The van der Waals surface area contributed by atoms with Gasteiger partial charge in [-0.3, -0.25) is 4.98 Å². The Balaban J connectivity index is 2.63. The Kier molecular flexibility index (Phi) is 2.16. The summed E-state index contributed by atoms with van der Waals surface area (Å²) in [5, 5.41) is 10.9. The second kappa shape index (κ2) is 3.47. The largest absolute Gasteiger partial charge is 0.261 e. The highest BCUT2D eigenvalue weighted by Gasteiger charge is 1.98. The van der Waals surface area contributed by atoms with Crippen LogP contribution in [0.4, 0.5) is 0 Å². The van der Waals surface area contributed by atoms with Crippen molar-refractivity contribution in [2.45, 2.75) is 13.3 Å². The molecule has 1 heterocycles. The molecule has 0 saturated heterocycles. The molecule has 0 saturated carbocycles. The van der Waals surface area contributed by atoms with E-state index in [4.69, 9.17) is 5.26 Å². The Morgan fingerprint density at radius 3 is 3.00 bits per heavy atom. The van der Waals surface area contributed by atoms with E-state index in [9.17, 15) is 0 Å². The quantitative estimate of drug-likeness (QED) is 0.679. The Hall–Kier alpha value is -1.88. The zero-order valence-electron chi connectivity index (χ0n) is 7.99. The molecule has 0 aliphatic rings. The van der Waals surface area contributed by atoms with Crippen LogP contribution in [0.1, 0.15) is 11.3 Å². The van der Waals surface area contributed by atoms with Crippen molar-refractivity contribution in [1.29, 1.82) is 5.26 Å². The van der Waals surface area contributed by atoms with Gasteiger partial charge in [0.15, 0.2) is 0 Å². The smallest absolute Gasteiger partial charge is 0.0669 e. The summed E-state index contributed by atoms with van der Waals surface area (Å²) in [5.41, 5.74) is 2.09. The lowest BCUT2D eigenvalue weighted by atomic mass is 10.1. The lowest BCUT2D eigenvalue weighted by Crippen LogP contribution is -1.86. The van der Waals surface area contributed by atoms with Gasteiger partial charge in [0, 0.05) is 17.3 Å². The topological polar surface area (TPSA) is 36.7 Å². The number of rotatable bonds is 1. The maximum Gasteiger partial charge on any atom is 0.0669 e. The van der Waals surface area contributed by atoms with Gasteiger partial charge in [-0.05, 0) is 30.0 Å². The lowest BCUT2D eigenvalue weighted by molar-refractivity contribution is 1.23. The number of fused-ring (bicyclic) bond motifs is 1. The van der Waals surface area contributed by atoms with Crippen molar-refractivity contribution in [3.8, 4) is 6.07 Å². The van der Waals surface area contributed by atoms with Crippen molar-refractivity contribution < 1.29 is 0 Å². The van der Waals surface area contributed by atoms with E-state index < -0.39 is 0 Å². The van der Waals surface area contributed by atoms with Gasteiger partial charge >= 0.3 is 0 Å². The molecule has 0 atom stereocenters. The average Bonchev–Trinajstić information content (AvgIpc) is 2.18. The monoisotopic (exact) mass is 182 g/mol. The molecule has 68 valence electrons. The number of pyridine rings is 1. The van der Waals surface area contributed by atoms with Gasteiger partial charge in [0.2, 0.25) is 0 Å². The van der Waals surface area contributed by atoms with Crippen molar-refractivity contribution in [2.75, 3.05) is 0 Å². The highest BCUT2D eigenvalue weighted by Crippen LogP contribution is 2.17. The van der Waals surface area contributed by atoms with E-state index in [2.05, 4.69) is 11.1 Å². The molecule has 2 heteroatoms. The van der Waals surface area contributed by atoms with Crippen LogP contribution in [-0.2, 0) is 6.42 Å². The van der Waals surface area contributed by atoms with E-state index in [1.54, 1.807) is 6.20 Å². The minimum Gasteiger partial charge on any atom is -0.261 e. The predicted octanol–water partition coefficient (Wildman–Crippen LogP) is 2.61. The van der Waals surface area contributed by atoms with Crippen LogP contribution in [0.3, 0.4) is 0 Å². The SMILES string of the molecule is Cc1nccc2cc(CC#N)ccc12. The molecule has 14 heavy (non-hydrogen) atoms. The number of benzene rings is 1. The molecular weight excluding hydrogens is 172 g/mol. The molecule has 0 aliphatic carbocycles. The van der Waals surface area contributed by atoms with Crippen molar-refractivity contribution in [1.82, 2.24) is 4.98 Å². The maximum atomic E-state index is 8.58. The number of hydrogen-bond acceptors (Lipinski definition) is 2. The summed E-state index contributed by atoms with van der Waals surface area (Å²) in [7, 11) is 0. The summed E-state index contributed by atoms with van der Waals surface area (Å²) in [6.45, 7) is 1.99. The molecule has 1 aromatic carbocycles. The van der Waals surface area contributed by atoms with Gasteiger partial charge < -0.3 is 0 Å². The van der Waals surface area contributed by atoms with Gasteiger partial charge in [-0.1, -0.05) is 12.1 Å². The van der Waals surface area contributed by atoms with Crippen LogP contribution >= 0.6 is 0 Å². The van der Waals surface area contributed by atoms with Crippen LogP contribution in [0.15, 0.2) is 30.5 Å². The van der Waals surface area contributed by atoms with E-state index in [0.717, 1.165) is 22.0 Å². The standard InChI is InChI=1S/C12H10N2/c1-9-12-3-2-10(4-6-13)8-11(12)5-7-14-9/h2-3,5,7-8H,4H2,1H3. The van der Waals surface area contributed by atoms with Gasteiger partial charge in [0.05, 0.1) is 12.5 Å². The van der Waals surface area contributed by atoms with E-state index >= 15 is 0 Å². The summed E-state index contributed by atoms with van der Waals surface area (Å²) < 4.78 is 0. The summed E-state index contributed by atoms with van der Waals surface area (Å²) in [4.78, 5) is 4.22. The van der Waals surface area contributed by atoms with Gasteiger partial charge in [0.25, 0.3) is 0 Å². The van der Waals surface area contributed by atoms with Crippen LogP contribution < -0.4 is 0 Å². The normalized spacial score (nSPS) is 10.0. The van der Waals surface area contributed by atoms with Crippen LogP contribution in [0.2, 0.25) is 0 Å². The van der Waals surface area contributed by atoms with E-state index in [0.29, 0.717) is 6.42 Å². The lowest BCUT2D eigenvalue weighted by Gasteiger charge is -2.02. The Labute approximate surface area is 82.8 Å². The number of nitriles is 1. The third-order valence-corrected chi connectivity index (χ3v) is 2.31. The first-order valence-electron chi connectivity index (χ1n) is 4.52. The van der Waals surface area contributed by atoms with Gasteiger partial charge in [0.1, 0.15) is 0 Å². The number of aromatic nitrogens is 1. The summed E-state index contributed by atoms with van der Waals surface area (Å²) in [6.07, 6.45) is 2.27. The van der Waals surface area contributed by atoms with Crippen LogP contribution in [-0.4, -0.2) is 4.98 Å². The van der Waals surface area contributed by atoms with Gasteiger partial charge in [-0.25, -0.2) is 0 Å². The molecule has 0 bridgehead atoms. The van der Waals surface area contributed by atoms with E-state index in [-0.39, 0.29) is 0 Å². The first kappa shape index (κ1) is 8.71. The zero-order valence-corrected chi connectivity index (χ0v) is 7.99. The highest BCUT2D eigenvalue weighted by molar-refractivity contribution is 5.84. The molecule has 0 fully saturated rings. The summed E-state index contributed by atoms with van der Waals surface area (Å²) in [5.74, 6) is 0. The third-order valence-electron chi connectivity index (χ3n) is 2.31. The fourth-order valence-electron chi connectivity index (χ4n) is 1.58. The molecule has 2 rings (SSSR count). The average molecular weight is 182 g/mol. The number of aryl methyl sites for hydroxylation is 1. The summed E-state index contributed by atoms with van der Waals surface area (Å²) in [6, 6.07) is 10.2. The van der Waals surface area contributed by atoms with Crippen LogP contribution in [0.25, 0.3) is 10.8 Å². The molecule has 0 spiro atoms. The highest BCUT2D eigenvalue weighted by atomic mass is 14.7. The molecule has 2 nitrogen and oxygen atoms in total. The maximum absolute atomic E-state index is 8.58. The van der Waals surface area contributed by atoms with E-state index in [1.807, 2.05) is 31.2 Å². The Morgan fingerprint density at radius 2 is 2.21 bits per heavy atom. The molecule has 0 unspecified atom stereocenters. The fraction of sp³-hybridized carbons (Fsp3) is 0.167. The van der Waals surface area contributed by atoms with Crippen molar-refractivity contribution in [2.24, 2.45) is 0 Å². The van der Waals surface area contributed by atoms with Crippen LogP contribution in [0.5, 0.6) is 0 Å². The predicted molar refractivity (Wildman–Crippen MR) is 55.8 cm³/mol. The third kappa shape index (κ3) is 1.45.